The summed E-state index contributed by atoms with van der Waals surface area (Å²) in [7, 11) is 0. The van der Waals surface area contributed by atoms with E-state index in [0.717, 1.165) is 5.56 Å². The maximum absolute atomic E-state index is 14.2. The number of hydrogen-bond donors (Lipinski definition) is 2. The summed E-state index contributed by atoms with van der Waals surface area (Å²) in [5.41, 5.74) is 7.11. The Hall–Kier alpha value is -2.67. The predicted octanol–water partition coefficient (Wildman–Crippen LogP) is 2.60. The summed E-state index contributed by atoms with van der Waals surface area (Å²) in [6.07, 6.45) is 2.64. The second-order valence-corrected chi connectivity index (χ2v) is 7.03. The van der Waals surface area contributed by atoms with Crippen LogP contribution >= 0.6 is 0 Å². The number of nitrogens with two attached hydrogens (primary N) is 1. The Morgan fingerprint density at radius 2 is 2.22 bits per heavy atom. The van der Waals surface area contributed by atoms with E-state index in [1.807, 2.05) is 25.1 Å². The third kappa shape index (κ3) is 2.92. The second kappa shape index (κ2) is 6.81. The Morgan fingerprint density at radius 1 is 1.37 bits per heavy atom. The van der Waals surface area contributed by atoms with Crippen LogP contribution < -0.4 is 10.5 Å². The second-order valence-electron chi connectivity index (χ2n) is 7.03. The maximum atomic E-state index is 14.2. The van der Waals surface area contributed by atoms with E-state index in [4.69, 9.17) is 15.2 Å². The minimum absolute atomic E-state index is 0.0217. The molecule has 27 heavy (non-hydrogen) atoms. The number of rotatable bonds is 4. The highest BCUT2D eigenvalue weighted by atomic mass is 19.1. The Labute approximate surface area is 156 Å². The molecule has 0 saturated heterocycles. The molecule has 0 fully saturated rings. The number of aliphatic hydroxyl groups is 1. The highest BCUT2D eigenvalue weighted by Crippen LogP contribution is 2.49. The fraction of sp³-hybridized carbons (Fsp3) is 0.400. The number of pyridine rings is 1. The van der Waals surface area contributed by atoms with Crippen molar-refractivity contribution in [2.75, 3.05) is 13.2 Å². The minimum Gasteiger partial charge on any atom is -0.490 e. The van der Waals surface area contributed by atoms with E-state index in [9.17, 15) is 9.50 Å². The molecule has 1 aromatic heterocycles. The zero-order chi connectivity index (χ0) is 19.0. The molecule has 0 radical (unpaired) electrons. The number of aliphatic hydroxyl groups excluding tert-OH is 1. The van der Waals surface area contributed by atoms with Crippen LogP contribution in [0.15, 0.2) is 41.5 Å². The van der Waals surface area contributed by atoms with Gasteiger partial charge < -0.3 is 20.3 Å². The molecular weight excluding hydrogens is 349 g/mol. The highest BCUT2D eigenvalue weighted by Gasteiger charge is 2.51. The van der Waals surface area contributed by atoms with Gasteiger partial charge in [0.05, 0.1) is 0 Å². The van der Waals surface area contributed by atoms with Gasteiger partial charge in [-0.2, -0.15) is 4.39 Å². The lowest BCUT2D eigenvalue weighted by molar-refractivity contribution is 0.0367. The van der Waals surface area contributed by atoms with E-state index in [1.165, 1.54) is 6.20 Å². The number of aromatic nitrogens is 1. The van der Waals surface area contributed by atoms with Crippen LogP contribution in [0.4, 0.5) is 4.39 Å². The standard InChI is InChI=1S/C20H22FN3O3/c1-12-16(5-3-9-25)27-17-7-6-13(14-4-2-8-23-18(14)21)10-15(17)20(12)11-26-19(22)24-20/h2,4,6-8,10,12,16,25H,3,5,9,11H2,1H3,(H2,22,24). The summed E-state index contributed by atoms with van der Waals surface area (Å²) in [4.78, 5) is 8.37. The van der Waals surface area contributed by atoms with Gasteiger partial charge in [0.1, 0.15) is 24.0 Å². The number of benzene rings is 1. The smallest absolute Gasteiger partial charge is 0.283 e. The maximum Gasteiger partial charge on any atom is 0.283 e. The molecule has 2 aliphatic heterocycles. The first kappa shape index (κ1) is 17.7. The van der Waals surface area contributed by atoms with Crippen molar-refractivity contribution < 1.29 is 19.0 Å². The number of ether oxygens (including phenoxy) is 2. The molecule has 0 bridgehead atoms. The topological polar surface area (TPSA) is 90.0 Å². The van der Waals surface area contributed by atoms with E-state index < -0.39 is 11.5 Å². The summed E-state index contributed by atoms with van der Waals surface area (Å²) in [5, 5.41) is 9.20. The molecule has 0 aliphatic carbocycles. The molecule has 3 heterocycles. The van der Waals surface area contributed by atoms with E-state index in [0.29, 0.717) is 36.3 Å². The quantitative estimate of drug-likeness (QED) is 0.807. The van der Waals surface area contributed by atoms with Gasteiger partial charge in [0, 0.05) is 29.8 Å². The van der Waals surface area contributed by atoms with Gasteiger partial charge in [-0.15, -0.1) is 0 Å². The predicted molar refractivity (Wildman–Crippen MR) is 98.8 cm³/mol. The lowest BCUT2D eigenvalue weighted by atomic mass is 9.73. The van der Waals surface area contributed by atoms with Crippen LogP contribution in [0, 0.1) is 11.9 Å². The van der Waals surface area contributed by atoms with Crippen LogP contribution in [0.5, 0.6) is 5.75 Å². The number of aliphatic imine (C=N–C) groups is 1. The summed E-state index contributed by atoms with van der Waals surface area (Å²) < 4.78 is 25.9. The number of amidine groups is 1. The van der Waals surface area contributed by atoms with E-state index in [-0.39, 0.29) is 24.7 Å². The van der Waals surface area contributed by atoms with E-state index in [2.05, 4.69) is 9.98 Å². The van der Waals surface area contributed by atoms with E-state index >= 15 is 0 Å². The molecule has 2 aromatic rings. The highest BCUT2D eigenvalue weighted by molar-refractivity contribution is 5.75. The summed E-state index contributed by atoms with van der Waals surface area (Å²) in [5.74, 6) is 0.139. The van der Waals surface area contributed by atoms with Crippen molar-refractivity contribution >= 4 is 6.02 Å². The number of fused-ring (bicyclic) bond motifs is 2. The van der Waals surface area contributed by atoms with Crippen molar-refractivity contribution in [3.8, 4) is 16.9 Å². The third-order valence-corrected chi connectivity index (χ3v) is 5.50. The van der Waals surface area contributed by atoms with Crippen molar-refractivity contribution in [3.05, 3.63) is 48.0 Å². The zero-order valence-corrected chi connectivity index (χ0v) is 15.1. The molecule has 0 amide bonds. The largest absolute Gasteiger partial charge is 0.490 e. The van der Waals surface area contributed by atoms with Crippen molar-refractivity contribution in [2.24, 2.45) is 16.6 Å². The SMILES string of the molecule is CC1C(CCCO)Oc2ccc(-c3cccnc3F)cc2C12COC(N)=N2. The van der Waals surface area contributed by atoms with Crippen molar-refractivity contribution in [1.29, 1.82) is 0 Å². The Kier molecular flexibility index (Phi) is 4.47. The Morgan fingerprint density at radius 3 is 2.93 bits per heavy atom. The molecule has 1 spiro atoms. The molecule has 6 nitrogen and oxygen atoms in total. The van der Waals surface area contributed by atoms with Gasteiger partial charge in [0.25, 0.3) is 6.02 Å². The van der Waals surface area contributed by atoms with Crippen molar-refractivity contribution in [1.82, 2.24) is 4.98 Å². The van der Waals surface area contributed by atoms with Gasteiger partial charge in [-0.1, -0.05) is 13.0 Å². The Balaban J connectivity index is 1.82. The fourth-order valence-electron chi connectivity index (χ4n) is 3.98. The van der Waals surface area contributed by atoms with Crippen LogP contribution in [0.25, 0.3) is 11.1 Å². The first-order valence-corrected chi connectivity index (χ1v) is 9.06. The van der Waals surface area contributed by atoms with Crippen LogP contribution in [0.2, 0.25) is 0 Å². The molecule has 4 rings (SSSR count). The van der Waals surface area contributed by atoms with Crippen LogP contribution in [-0.4, -0.2) is 35.4 Å². The van der Waals surface area contributed by atoms with Gasteiger partial charge in [-0.3, -0.25) is 0 Å². The zero-order valence-electron chi connectivity index (χ0n) is 15.1. The third-order valence-electron chi connectivity index (χ3n) is 5.50. The van der Waals surface area contributed by atoms with Gasteiger partial charge in [0.15, 0.2) is 0 Å². The average molecular weight is 371 g/mol. The molecule has 0 saturated carbocycles. The monoisotopic (exact) mass is 371 g/mol. The molecule has 3 unspecified atom stereocenters. The molecule has 7 heteroatoms. The van der Waals surface area contributed by atoms with Crippen LogP contribution in [-0.2, 0) is 10.3 Å². The van der Waals surface area contributed by atoms with Crippen LogP contribution in [0.1, 0.15) is 25.3 Å². The summed E-state index contributed by atoms with van der Waals surface area (Å²) >= 11 is 0. The molecule has 3 N–H and O–H groups in total. The average Bonchev–Trinajstić information content (AvgIpc) is 3.07. The van der Waals surface area contributed by atoms with Crippen LogP contribution in [0.3, 0.4) is 0 Å². The Bertz CT molecular complexity index is 889. The molecule has 3 atom stereocenters. The molecule has 2 aliphatic rings. The van der Waals surface area contributed by atoms with Gasteiger partial charge in [0.2, 0.25) is 5.95 Å². The summed E-state index contributed by atoms with van der Waals surface area (Å²) in [6, 6.07) is 9.08. The van der Waals surface area contributed by atoms with Crippen molar-refractivity contribution in [2.45, 2.75) is 31.4 Å². The van der Waals surface area contributed by atoms with Gasteiger partial charge in [-0.25, -0.2) is 9.98 Å². The van der Waals surface area contributed by atoms with Gasteiger partial charge >= 0.3 is 0 Å². The fourth-order valence-corrected chi connectivity index (χ4v) is 3.98. The lowest BCUT2D eigenvalue weighted by Gasteiger charge is -2.42. The summed E-state index contributed by atoms with van der Waals surface area (Å²) in [6.45, 7) is 2.46. The number of nitrogens with zero attached hydrogens (tertiary/aromatic N) is 2. The van der Waals surface area contributed by atoms with E-state index in [1.54, 1.807) is 12.1 Å². The van der Waals surface area contributed by atoms with Crippen molar-refractivity contribution in [3.63, 3.8) is 0 Å². The van der Waals surface area contributed by atoms with Gasteiger partial charge in [-0.05, 0) is 42.7 Å². The first-order valence-electron chi connectivity index (χ1n) is 9.06. The molecule has 142 valence electrons. The molecular formula is C20H22FN3O3. The normalized spacial score (nSPS) is 26.3. The minimum atomic E-state index is -0.688. The number of halogens is 1. The number of hydrogen-bond acceptors (Lipinski definition) is 6. The first-order chi connectivity index (χ1) is 13.0. The molecule has 1 aromatic carbocycles. The lowest BCUT2D eigenvalue weighted by Crippen LogP contribution is -2.46.